The zero-order valence-electron chi connectivity index (χ0n) is 11.0. The number of rotatable bonds is 3. The van der Waals surface area contributed by atoms with E-state index in [9.17, 15) is 4.79 Å². The highest BCUT2D eigenvalue weighted by Crippen LogP contribution is 2.17. The molecule has 1 aliphatic heterocycles. The topological polar surface area (TPSA) is 59.9 Å². The molecular weight excluding hydrogens is 244 g/mol. The van der Waals surface area contributed by atoms with E-state index in [2.05, 4.69) is 10.3 Å². The standard InChI is InChI=1S/C14H16N2O3/c1-10-4-3-5-13(15-10)16-14(17)19-12-8-6-11(18-2)7-9-12/h5-9H,3-4H2,1-2H3,(H,16,17). The van der Waals surface area contributed by atoms with Gasteiger partial charge in [0.2, 0.25) is 0 Å². The normalized spacial score (nSPS) is 14.2. The summed E-state index contributed by atoms with van der Waals surface area (Å²) in [6, 6.07) is 6.79. The van der Waals surface area contributed by atoms with Crippen molar-refractivity contribution in [3.05, 3.63) is 36.2 Å². The lowest BCUT2D eigenvalue weighted by Gasteiger charge is -2.11. The number of hydrogen-bond acceptors (Lipinski definition) is 4. The van der Waals surface area contributed by atoms with Gasteiger partial charge in [-0.1, -0.05) is 0 Å². The van der Waals surface area contributed by atoms with E-state index in [0.29, 0.717) is 17.3 Å². The van der Waals surface area contributed by atoms with Gasteiger partial charge in [-0.05, 0) is 50.1 Å². The summed E-state index contributed by atoms with van der Waals surface area (Å²) in [5.41, 5.74) is 1.00. The summed E-state index contributed by atoms with van der Waals surface area (Å²) in [5, 5.41) is 2.61. The van der Waals surface area contributed by atoms with Crippen LogP contribution in [-0.2, 0) is 0 Å². The van der Waals surface area contributed by atoms with E-state index in [4.69, 9.17) is 9.47 Å². The van der Waals surface area contributed by atoms with E-state index in [1.54, 1.807) is 31.4 Å². The van der Waals surface area contributed by atoms with E-state index in [1.165, 1.54) is 0 Å². The summed E-state index contributed by atoms with van der Waals surface area (Å²) in [7, 11) is 1.58. The summed E-state index contributed by atoms with van der Waals surface area (Å²) >= 11 is 0. The highest BCUT2D eigenvalue weighted by atomic mass is 16.6. The minimum atomic E-state index is -0.546. The van der Waals surface area contributed by atoms with Crippen LogP contribution < -0.4 is 14.8 Å². The molecule has 1 amide bonds. The number of hydrogen-bond donors (Lipinski definition) is 1. The summed E-state index contributed by atoms with van der Waals surface area (Å²) in [4.78, 5) is 15.9. The van der Waals surface area contributed by atoms with Crippen molar-refractivity contribution in [3.63, 3.8) is 0 Å². The second kappa shape index (κ2) is 6.04. The highest BCUT2D eigenvalue weighted by Gasteiger charge is 2.09. The first-order chi connectivity index (χ1) is 9.17. The van der Waals surface area contributed by atoms with Gasteiger partial charge in [0.05, 0.1) is 7.11 Å². The molecule has 1 N–H and O–H groups in total. The van der Waals surface area contributed by atoms with Crippen LogP contribution in [0.1, 0.15) is 19.8 Å². The number of allylic oxidation sites excluding steroid dienone is 1. The molecule has 0 fully saturated rings. The molecule has 0 bridgehead atoms. The van der Waals surface area contributed by atoms with Crippen molar-refractivity contribution in [1.82, 2.24) is 5.32 Å². The lowest BCUT2D eigenvalue weighted by Crippen LogP contribution is -2.26. The van der Waals surface area contributed by atoms with Gasteiger partial charge in [0.15, 0.2) is 0 Å². The molecule has 1 heterocycles. The summed E-state index contributed by atoms with van der Waals surface area (Å²) in [6.45, 7) is 1.93. The maximum atomic E-state index is 11.7. The molecule has 0 aromatic heterocycles. The quantitative estimate of drug-likeness (QED) is 0.909. The lowest BCUT2D eigenvalue weighted by molar-refractivity contribution is 0.203. The molecule has 5 heteroatoms. The van der Waals surface area contributed by atoms with Gasteiger partial charge in [-0.2, -0.15) is 0 Å². The second-order valence-electron chi connectivity index (χ2n) is 4.17. The smallest absolute Gasteiger partial charge is 0.418 e. The second-order valence-corrected chi connectivity index (χ2v) is 4.17. The Balaban J connectivity index is 1.92. The molecular formula is C14H16N2O3. The minimum Gasteiger partial charge on any atom is -0.497 e. The molecule has 5 nitrogen and oxygen atoms in total. The van der Waals surface area contributed by atoms with Gasteiger partial charge < -0.3 is 9.47 Å². The van der Waals surface area contributed by atoms with Crippen molar-refractivity contribution in [3.8, 4) is 11.5 Å². The zero-order valence-corrected chi connectivity index (χ0v) is 11.0. The van der Waals surface area contributed by atoms with Gasteiger partial charge in [-0.25, -0.2) is 9.79 Å². The Bertz CT molecular complexity index is 518. The Hall–Kier alpha value is -2.30. The van der Waals surface area contributed by atoms with Crippen molar-refractivity contribution in [1.29, 1.82) is 0 Å². The number of aliphatic imine (C=N–C) groups is 1. The molecule has 19 heavy (non-hydrogen) atoms. The van der Waals surface area contributed by atoms with Crippen molar-refractivity contribution < 1.29 is 14.3 Å². The molecule has 0 unspecified atom stereocenters. The number of nitrogens with one attached hydrogen (secondary N) is 1. The predicted octanol–water partition coefficient (Wildman–Crippen LogP) is 2.88. The van der Waals surface area contributed by atoms with E-state index >= 15 is 0 Å². The number of carbonyl (C=O) groups is 1. The van der Waals surface area contributed by atoms with E-state index in [-0.39, 0.29) is 0 Å². The van der Waals surface area contributed by atoms with Gasteiger partial charge in [-0.15, -0.1) is 0 Å². The molecule has 0 spiro atoms. The van der Waals surface area contributed by atoms with Crippen LogP contribution in [0.25, 0.3) is 0 Å². The van der Waals surface area contributed by atoms with Gasteiger partial charge in [0.1, 0.15) is 17.3 Å². The third kappa shape index (κ3) is 3.84. The van der Waals surface area contributed by atoms with Crippen LogP contribution in [0.4, 0.5) is 4.79 Å². The first-order valence-corrected chi connectivity index (χ1v) is 6.04. The molecule has 0 saturated heterocycles. The molecule has 2 rings (SSSR count). The predicted molar refractivity (Wildman–Crippen MR) is 72.6 cm³/mol. The third-order valence-electron chi connectivity index (χ3n) is 2.66. The van der Waals surface area contributed by atoms with Gasteiger partial charge >= 0.3 is 6.09 Å². The average molecular weight is 260 g/mol. The van der Waals surface area contributed by atoms with Crippen LogP contribution in [0, 0.1) is 0 Å². The zero-order chi connectivity index (χ0) is 13.7. The van der Waals surface area contributed by atoms with E-state index in [1.807, 2.05) is 13.0 Å². The Kier molecular flexibility index (Phi) is 4.18. The molecule has 100 valence electrons. The fraction of sp³-hybridized carbons (Fsp3) is 0.286. The number of benzene rings is 1. The molecule has 1 aromatic carbocycles. The number of carbonyl (C=O) groups excluding carboxylic acids is 1. The molecule has 0 saturated carbocycles. The third-order valence-corrected chi connectivity index (χ3v) is 2.66. The molecule has 0 radical (unpaired) electrons. The first kappa shape index (κ1) is 13.1. The van der Waals surface area contributed by atoms with Crippen LogP contribution in [-0.4, -0.2) is 18.9 Å². The number of ether oxygens (including phenoxy) is 2. The fourth-order valence-electron chi connectivity index (χ4n) is 1.68. The van der Waals surface area contributed by atoms with Gasteiger partial charge in [-0.3, -0.25) is 5.32 Å². The number of amides is 1. The van der Waals surface area contributed by atoms with Crippen molar-refractivity contribution >= 4 is 11.8 Å². The monoisotopic (exact) mass is 260 g/mol. The van der Waals surface area contributed by atoms with Gasteiger partial charge in [0.25, 0.3) is 0 Å². The largest absolute Gasteiger partial charge is 0.497 e. The SMILES string of the molecule is COc1ccc(OC(=O)NC2=CCCC(C)=N2)cc1. The maximum Gasteiger partial charge on any atom is 0.418 e. The number of nitrogens with zero attached hydrogens (tertiary/aromatic N) is 1. The summed E-state index contributed by atoms with van der Waals surface area (Å²) in [6.07, 6.45) is 3.14. The van der Waals surface area contributed by atoms with Gasteiger partial charge in [0, 0.05) is 5.71 Å². The van der Waals surface area contributed by atoms with Crippen molar-refractivity contribution in [2.75, 3.05) is 7.11 Å². The Labute approximate surface area is 111 Å². The molecule has 1 aliphatic rings. The minimum absolute atomic E-state index is 0.454. The van der Waals surface area contributed by atoms with Crippen LogP contribution in [0.2, 0.25) is 0 Å². The Morgan fingerprint density at radius 1 is 1.26 bits per heavy atom. The van der Waals surface area contributed by atoms with Crippen LogP contribution in [0.3, 0.4) is 0 Å². The van der Waals surface area contributed by atoms with E-state index in [0.717, 1.165) is 18.6 Å². The Morgan fingerprint density at radius 3 is 2.58 bits per heavy atom. The van der Waals surface area contributed by atoms with Crippen molar-refractivity contribution in [2.45, 2.75) is 19.8 Å². The highest BCUT2D eigenvalue weighted by molar-refractivity contribution is 5.84. The van der Waals surface area contributed by atoms with E-state index < -0.39 is 6.09 Å². The molecule has 1 aromatic rings. The molecule has 0 aliphatic carbocycles. The van der Waals surface area contributed by atoms with Crippen LogP contribution in [0.5, 0.6) is 11.5 Å². The van der Waals surface area contributed by atoms with Crippen LogP contribution in [0.15, 0.2) is 41.2 Å². The average Bonchev–Trinajstić information content (AvgIpc) is 2.39. The summed E-state index contributed by atoms with van der Waals surface area (Å²) in [5.74, 6) is 1.71. The maximum absolute atomic E-state index is 11.7. The molecule has 0 atom stereocenters. The van der Waals surface area contributed by atoms with Crippen LogP contribution >= 0.6 is 0 Å². The number of methoxy groups -OCH3 is 1. The Morgan fingerprint density at radius 2 is 1.95 bits per heavy atom. The first-order valence-electron chi connectivity index (χ1n) is 6.04. The summed E-state index contributed by atoms with van der Waals surface area (Å²) < 4.78 is 10.2. The lowest BCUT2D eigenvalue weighted by atomic mass is 10.2. The van der Waals surface area contributed by atoms with Crippen molar-refractivity contribution in [2.24, 2.45) is 4.99 Å². The fourth-order valence-corrected chi connectivity index (χ4v) is 1.68.